The van der Waals surface area contributed by atoms with Gasteiger partial charge in [-0.25, -0.2) is 0 Å². The molecule has 29 heavy (non-hydrogen) atoms. The highest BCUT2D eigenvalue weighted by Crippen LogP contribution is 2.06. The molecule has 0 bridgehead atoms. The van der Waals surface area contributed by atoms with Crippen LogP contribution in [0.2, 0.25) is 0 Å². The molecule has 0 aromatic carbocycles. The highest BCUT2D eigenvalue weighted by molar-refractivity contribution is 5.77. The molecule has 0 spiro atoms. The zero-order chi connectivity index (χ0) is 22.0. The van der Waals surface area contributed by atoms with E-state index in [2.05, 4.69) is 0 Å². The van der Waals surface area contributed by atoms with Gasteiger partial charge in [-0.3, -0.25) is 38.8 Å². The zero-order valence-electron chi connectivity index (χ0n) is 17.1. The number of ketones is 1. The summed E-state index contributed by atoms with van der Waals surface area (Å²) in [6.07, 6.45) is 0. The smallest absolute Gasteiger partial charge is 0.317 e. The largest absolute Gasteiger partial charge is 0.480 e. The van der Waals surface area contributed by atoms with Crippen molar-refractivity contribution in [1.82, 2.24) is 19.6 Å². The maximum absolute atomic E-state index is 11.7. The Morgan fingerprint density at radius 3 is 1.48 bits per heavy atom. The van der Waals surface area contributed by atoms with E-state index in [0.29, 0.717) is 45.8 Å². The molecule has 1 atom stereocenters. The third kappa shape index (κ3) is 10.9. The summed E-state index contributed by atoms with van der Waals surface area (Å²) in [5.41, 5.74) is 0. The van der Waals surface area contributed by atoms with E-state index >= 15 is 0 Å². The summed E-state index contributed by atoms with van der Waals surface area (Å²) in [7, 11) is 0. The lowest BCUT2D eigenvalue weighted by atomic mass is 10.2. The molecule has 0 radical (unpaired) electrons. The third-order valence-corrected chi connectivity index (χ3v) is 4.82. The molecule has 166 valence electrons. The number of aliphatic carboxylic acids is 3. The number of rotatable bonds is 8. The topological polar surface area (TPSA) is 142 Å². The number of hydrogen-bond acceptors (Lipinski definition) is 8. The van der Waals surface area contributed by atoms with Gasteiger partial charge in [0.05, 0.1) is 26.2 Å². The number of carboxylic acid groups (broad SMARTS) is 3. The summed E-state index contributed by atoms with van der Waals surface area (Å²) >= 11 is 0. The van der Waals surface area contributed by atoms with Gasteiger partial charge >= 0.3 is 17.9 Å². The molecular formula is C18H32N4O7. The number of carboxylic acids is 3. The summed E-state index contributed by atoms with van der Waals surface area (Å²) in [5.74, 6) is -2.96. The summed E-state index contributed by atoms with van der Waals surface area (Å²) in [5, 5.41) is 27.5. The van der Waals surface area contributed by atoms with E-state index in [1.54, 1.807) is 14.7 Å². The maximum atomic E-state index is 11.7. The predicted molar refractivity (Wildman–Crippen MR) is 104 cm³/mol. The molecule has 0 aromatic rings. The van der Waals surface area contributed by atoms with E-state index in [1.165, 1.54) is 6.92 Å². The minimum Gasteiger partial charge on any atom is -0.480 e. The van der Waals surface area contributed by atoms with Crippen molar-refractivity contribution in [3.8, 4) is 0 Å². The molecule has 11 nitrogen and oxygen atoms in total. The first-order chi connectivity index (χ1) is 13.6. The van der Waals surface area contributed by atoms with E-state index in [-0.39, 0.29) is 38.0 Å². The fourth-order valence-corrected chi connectivity index (χ4v) is 3.41. The molecule has 11 heteroatoms. The van der Waals surface area contributed by atoms with Crippen LogP contribution in [0.1, 0.15) is 13.8 Å². The van der Waals surface area contributed by atoms with Crippen LogP contribution < -0.4 is 0 Å². The molecule has 0 amide bonds. The Kier molecular flexibility index (Phi) is 10.7. The van der Waals surface area contributed by atoms with Gasteiger partial charge in [-0.05, 0) is 13.8 Å². The van der Waals surface area contributed by atoms with Crippen molar-refractivity contribution in [1.29, 1.82) is 0 Å². The summed E-state index contributed by atoms with van der Waals surface area (Å²) in [6.45, 7) is 5.72. The van der Waals surface area contributed by atoms with Crippen LogP contribution in [0, 0.1) is 0 Å². The van der Waals surface area contributed by atoms with E-state index in [9.17, 15) is 24.3 Å². The number of carbonyl (C=O) groups is 4. The molecule has 0 saturated carbocycles. The molecule has 0 aliphatic carbocycles. The Hall–Kier alpha value is -2.08. The molecule has 1 saturated heterocycles. The molecule has 0 aromatic heterocycles. The first kappa shape index (κ1) is 25.0. The average Bonchev–Trinajstić information content (AvgIpc) is 2.57. The lowest BCUT2D eigenvalue weighted by Gasteiger charge is -2.36. The minimum atomic E-state index is -0.993. The standard InChI is InChI=1S/C18H32N4O7/c1-14-9-21(13-18(28)29)6-5-19(11-16(24)25)3-4-20(12-17(26)27)7-8-22(14)10-15(2)23/h14H,3-13H2,1-2H3,(H,24,25)(H,26,27)(H,28,29). The first-order valence-corrected chi connectivity index (χ1v) is 9.62. The highest BCUT2D eigenvalue weighted by Gasteiger charge is 2.24. The Morgan fingerprint density at radius 2 is 1.07 bits per heavy atom. The van der Waals surface area contributed by atoms with Crippen LogP contribution in [-0.4, -0.2) is 137 Å². The monoisotopic (exact) mass is 416 g/mol. The second-order valence-corrected chi connectivity index (χ2v) is 7.49. The second-order valence-electron chi connectivity index (χ2n) is 7.49. The van der Waals surface area contributed by atoms with E-state index < -0.39 is 17.9 Å². The number of hydrogen-bond donors (Lipinski definition) is 3. The fourth-order valence-electron chi connectivity index (χ4n) is 3.41. The van der Waals surface area contributed by atoms with Crippen molar-refractivity contribution in [3.05, 3.63) is 0 Å². The van der Waals surface area contributed by atoms with Gasteiger partial charge < -0.3 is 15.3 Å². The average molecular weight is 416 g/mol. The minimum absolute atomic E-state index is 0.0221. The van der Waals surface area contributed by atoms with Crippen molar-refractivity contribution < 1.29 is 34.5 Å². The Balaban J connectivity index is 3.01. The van der Waals surface area contributed by atoms with Crippen molar-refractivity contribution in [2.75, 3.05) is 72.0 Å². The van der Waals surface area contributed by atoms with Gasteiger partial charge in [-0.15, -0.1) is 0 Å². The van der Waals surface area contributed by atoms with Crippen LogP contribution in [-0.2, 0) is 19.2 Å². The molecule has 1 aliphatic heterocycles. The summed E-state index contributed by atoms with van der Waals surface area (Å²) < 4.78 is 0. The van der Waals surface area contributed by atoms with Crippen LogP contribution in [0.5, 0.6) is 0 Å². The van der Waals surface area contributed by atoms with Gasteiger partial charge in [0.1, 0.15) is 5.78 Å². The van der Waals surface area contributed by atoms with Crippen LogP contribution in [0.4, 0.5) is 0 Å². The Bertz CT molecular complexity index is 587. The number of nitrogens with zero attached hydrogens (tertiary/aromatic N) is 4. The normalized spacial score (nSPS) is 21.8. The van der Waals surface area contributed by atoms with Gasteiger partial charge in [0.2, 0.25) is 0 Å². The lowest BCUT2D eigenvalue weighted by molar-refractivity contribution is -0.140. The maximum Gasteiger partial charge on any atom is 0.317 e. The van der Waals surface area contributed by atoms with Crippen molar-refractivity contribution in [3.63, 3.8) is 0 Å². The van der Waals surface area contributed by atoms with E-state index in [0.717, 1.165) is 0 Å². The summed E-state index contributed by atoms with van der Waals surface area (Å²) in [6, 6.07) is -0.128. The van der Waals surface area contributed by atoms with Gasteiger partial charge in [-0.1, -0.05) is 0 Å². The number of carbonyl (C=O) groups excluding carboxylic acids is 1. The van der Waals surface area contributed by atoms with Gasteiger partial charge in [-0.2, -0.15) is 0 Å². The fraction of sp³-hybridized carbons (Fsp3) is 0.778. The zero-order valence-corrected chi connectivity index (χ0v) is 17.1. The van der Waals surface area contributed by atoms with Crippen molar-refractivity contribution in [2.45, 2.75) is 19.9 Å². The van der Waals surface area contributed by atoms with Crippen LogP contribution in [0.15, 0.2) is 0 Å². The molecule has 1 rings (SSSR count). The van der Waals surface area contributed by atoms with Crippen molar-refractivity contribution >= 4 is 23.7 Å². The third-order valence-electron chi connectivity index (χ3n) is 4.82. The predicted octanol–water partition coefficient (Wildman–Crippen LogP) is -1.56. The van der Waals surface area contributed by atoms with E-state index in [4.69, 9.17) is 10.2 Å². The molecule has 3 N–H and O–H groups in total. The van der Waals surface area contributed by atoms with Gasteiger partial charge in [0.15, 0.2) is 0 Å². The first-order valence-electron chi connectivity index (χ1n) is 9.62. The SMILES string of the molecule is CC(=O)CN1CCN(CC(=O)O)CCN(CC(=O)O)CCN(CC(=O)O)CC1C. The Labute approximate surface area is 170 Å². The van der Waals surface area contributed by atoms with Crippen LogP contribution in [0.25, 0.3) is 0 Å². The second kappa shape index (κ2) is 12.5. The summed E-state index contributed by atoms with van der Waals surface area (Å²) in [4.78, 5) is 52.4. The van der Waals surface area contributed by atoms with Crippen LogP contribution >= 0.6 is 0 Å². The number of Topliss-reactive ketones (excluding diaryl/α,β-unsaturated/α-hetero) is 1. The molecule has 1 heterocycles. The lowest BCUT2D eigenvalue weighted by Crippen LogP contribution is -2.51. The molecule has 1 aliphatic rings. The van der Waals surface area contributed by atoms with Crippen LogP contribution in [0.3, 0.4) is 0 Å². The Morgan fingerprint density at radius 1 is 0.690 bits per heavy atom. The highest BCUT2D eigenvalue weighted by atomic mass is 16.4. The molecule has 1 fully saturated rings. The van der Waals surface area contributed by atoms with E-state index in [1.807, 2.05) is 11.8 Å². The van der Waals surface area contributed by atoms with Crippen molar-refractivity contribution in [2.24, 2.45) is 0 Å². The molecule has 1 unspecified atom stereocenters. The molecular weight excluding hydrogens is 384 g/mol. The van der Waals surface area contributed by atoms with Gasteiger partial charge in [0, 0.05) is 51.9 Å². The quantitative estimate of drug-likeness (QED) is 0.423. The van der Waals surface area contributed by atoms with Gasteiger partial charge in [0.25, 0.3) is 0 Å².